The lowest BCUT2D eigenvalue weighted by molar-refractivity contribution is -0.119. The van der Waals surface area contributed by atoms with Crippen molar-refractivity contribution < 1.29 is 17.9 Å². The van der Waals surface area contributed by atoms with E-state index in [9.17, 15) is 13.2 Å². The van der Waals surface area contributed by atoms with E-state index in [0.29, 0.717) is 23.1 Å². The summed E-state index contributed by atoms with van der Waals surface area (Å²) in [6.07, 6.45) is 2.51. The molecule has 0 aliphatic carbocycles. The molecule has 32 heavy (non-hydrogen) atoms. The lowest BCUT2D eigenvalue weighted by Crippen LogP contribution is -2.38. The van der Waals surface area contributed by atoms with Crippen LogP contribution in [0.5, 0.6) is 5.75 Å². The molecule has 0 unspecified atom stereocenters. The van der Waals surface area contributed by atoms with Gasteiger partial charge in [-0.25, -0.2) is 13.8 Å². The van der Waals surface area contributed by atoms with Gasteiger partial charge in [0.05, 0.1) is 18.2 Å². The van der Waals surface area contributed by atoms with Crippen LogP contribution in [-0.4, -0.2) is 33.3 Å². The molecule has 0 radical (unpaired) electrons. The van der Waals surface area contributed by atoms with Gasteiger partial charge in [0, 0.05) is 5.02 Å². The first-order chi connectivity index (χ1) is 15.3. The number of benzene rings is 3. The summed E-state index contributed by atoms with van der Waals surface area (Å²) in [5.41, 5.74) is 4.46. The molecule has 0 atom stereocenters. The number of anilines is 1. The predicted molar refractivity (Wildman–Crippen MR) is 127 cm³/mol. The minimum atomic E-state index is -3.62. The highest BCUT2D eigenvalue weighted by Crippen LogP contribution is 2.17. The maximum Gasteiger partial charge on any atom is 0.260 e. The van der Waals surface area contributed by atoms with Gasteiger partial charge in [0.25, 0.3) is 5.91 Å². The molecule has 3 aromatic rings. The van der Waals surface area contributed by atoms with E-state index in [1.165, 1.54) is 6.21 Å². The third-order valence-corrected chi connectivity index (χ3v) is 5.68. The predicted octanol–water partition coefficient (Wildman–Crippen LogP) is 3.84. The van der Waals surface area contributed by atoms with Crippen molar-refractivity contribution in [2.24, 2.45) is 5.10 Å². The number of amides is 1. The van der Waals surface area contributed by atoms with Crippen LogP contribution in [0.25, 0.3) is 0 Å². The van der Waals surface area contributed by atoms with Crippen molar-refractivity contribution >= 4 is 39.4 Å². The Kier molecular flexibility index (Phi) is 7.86. The lowest BCUT2D eigenvalue weighted by Gasteiger charge is -2.21. The van der Waals surface area contributed by atoms with Crippen molar-refractivity contribution in [3.05, 3.63) is 95.0 Å². The van der Waals surface area contributed by atoms with Crippen molar-refractivity contribution in [3.63, 3.8) is 0 Å². The minimum absolute atomic E-state index is 0.379. The summed E-state index contributed by atoms with van der Waals surface area (Å²) in [7, 11) is -3.62. The first kappa shape index (κ1) is 23.3. The van der Waals surface area contributed by atoms with Crippen LogP contribution in [-0.2, 0) is 21.4 Å². The zero-order chi connectivity index (χ0) is 23.0. The monoisotopic (exact) mass is 471 g/mol. The Hall–Kier alpha value is -3.36. The molecular formula is C23H22ClN3O4S. The van der Waals surface area contributed by atoms with Crippen LogP contribution in [0.1, 0.15) is 11.1 Å². The number of carbonyl (C=O) groups excluding carboxylic acids is 1. The number of carbonyl (C=O) groups is 1. The van der Waals surface area contributed by atoms with Gasteiger partial charge in [-0.05, 0) is 59.7 Å². The topological polar surface area (TPSA) is 88.1 Å². The fraction of sp³-hybridized carbons (Fsp3) is 0.130. The summed E-state index contributed by atoms with van der Waals surface area (Å²) in [4.78, 5) is 12.2. The van der Waals surface area contributed by atoms with Gasteiger partial charge >= 0.3 is 0 Å². The first-order valence-corrected chi connectivity index (χ1v) is 11.9. The number of halogens is 1. The molecule has 3 aromatic carbocycles. The fourth-order valence-corrected chi connectivity index (χ4v) is 3.85. The number of hydrazone groups is 1. The highest BCUT2D eigenvalue weighted by molar-refractivity contribution is 7.92. The smallest absolute Gasteiger partial charge is 0.260 e. The third-order valence-electron chi connectivity index (χ3n) is 4.31. The molecule has 166 valence electrons. The standard InChI is InChI=1S/C23H22ClN3O4S/c1-32(29,30)27(21-8-3-2-4-9-21)16-23(28)26-25-15-18-10-12-22(13-11-18)31-17-19-6-5-7-20(24)14-19/h2-15H,16-17H2,1H3,(H,26,28)/b25-15-. The van der Waals surface area contributed by atoms with E-state index in [0.717, 1.165) is 21.7 Å². The molecule has 1 N–H and O–H groups in total. The molecular weight excluding hydrogens is 450 g/mol. The highest BCUT2D eigenvalue weighted by Gasteiger charge is 2.20. The molecule has 0 saturated carbocycles. The van der Waals surface area contributed by atoms with Crippen molar-refractivity contribution in [3.8, 4) is 5.75 Å². The average molecular weight is 472 g/mol. The summed E-state index contributed by atoms with van der Waals surface area (Å²) in [5.74, 6) is 0.120. The highest BCUT2D eigenvalue weighted by atomic mass is 35.5. The minimum Gasteiger partial charge on any atom is -0.489 e. The van der Waals surface area contributed by atoms with E-state index in [4.69, 9.17) is 16.3 Å². The molecule has 0 heterocycles. The van der Waals surface area contributed by atoms with Gasteiger partial charge in [-0.3, -0.25) is 9.10 Å². The van der Waals surface area contributed by atoms with Crippen LogP contribution in [0.3, 0.4) is 0 Å². The largest absolute Gasteiger partial charge is 0.489 e. The molecule has 3 rings (SSSR count). The van der Waals surface area contributed by atoms with Gasteiger partial charge in [-0.2, -0.15) is 5.10 Å². The Morgan fingerprint density at radius 1 is 1.06 bits per heavy atom. The van der Waals surface area contributed by atoms with E-state index in [2.05, 4.69) is 10.5 Å². The van der Waals surface area contributed by atoms with E-state index < -0.39 is 15.9 Å². The molecule has 0 aliphatic heterocycles. The quantitative estimate of drug-likeness (QED) is 0.379. The Morgan fingerprint density at radius 2 is 1.78 bits per heavy atom. The van der Waals surface area contributed by atoms with Crippen LogP contribution >= 0.6 is 11.6 Å². The number of ether oxygens (including phenoxy) is 1. The maximum atomic E-state index is 12.2. The van der Waals surface area contributed by atoms with E-state index in [1.807, 2.05) is 18.2 Å². The van der Waals surface area contributed by atoms with E-state index in [-0.39, 0.29) is 6.54 Å². The molecule has 1 amide bonds. The maximum absolute atomic E-state index is 12.2. The molecule has 0 aromatic heterocycles. The fourth-order valence-electron chi connectivity index (χ4n) is 2.78. The van der Waals surface area contributed by atoms with Gasteiger partial charge in [-0.1, -0.05) is 41.9 Å². The van der Waals surface area contributed by atoms with Gasteiger partial charge in [-0.15, -0.1) is 0 Å². The van der Waals surface area contributed by atoms with Crippen LogP contribution in [0.4, 0.5) is 5.69 Å². The number of sulfonamides is 1. The summed E-state index contributed by atoms with van der Waals surface area (Å²) < 4.78 is 30.8. The van der Waals surface area contributed by atoms with Crippen molar-refractivity contribution in [2.45, 2.75) is 6.61 Å². The second kappa shape index (κ2) is 10.8. The van der Waals surface area contributed by atoms with Crippen LogP contribution in [0.2, 0.25) is 5.02 Å². The molecule has 0 spiro atoms. The SMILES string of the molecule is CS(=O)(=O)N(CC(=O)N/N=C\c1ccc(OCc2cccc(Cl)c2)cc1)c1ccccc1. The van der Waals surface area contributed by atoms with Crippen LogP contribution in [0.15, 0.2) is 84.0 Å². The normalized spacial score (nSPS) is 11.3. The second-order valence-electron chi connectivity index (χ2n) is 6.89. The number of nitrogens with one attached hydrogen (secondary N) is 1. The zero-order valence-corrected chi connectivity index (χ0v) is 18.9. The molecule has 9 heteroatoms. The van der Waals surface area contributed by atoms with Crippen molar-refractivity contribution in [1.82, 2.24) is 5.43 Å². The van der Waals surface area contributed by atoms with Crippen molar-refractivity contribution in [2.75, 3.05) is 17.1 Å². The Labute approximate surface area is 192 Å². The summed E-state index contributed by atoms with van der Waals surface area (Å²) in [5, 5.41) is 4.56. The zero-order valence-electron chi connectivity index (χ0n) is 17.3. The van der Waals surface area contributed by atoms with Gasteiger partial charge < -0.3 is 4.74 Å². The van der Waals surface area contributed by atoms with Gasteiger partial charge in [0.15, 0.2) is 0 Å². The Morgan fingerprint density at radius 3 is 2.44 bits per heavy atom. The number of nitrogens with zero attached hydrogens (tertiary/aromatic N) is 2. The third kappa shape index (κ3) is 7.11. The van der Waals surface area contributed by atoms with Crippen LogP contribution < -0.4 is 14.5 Å². The molecule has 7 nitrogen and oxygen atoms in total. The van der Waals surface area contributed by atoms with Gasteiger partial charge in [0.1, 0.15) is 18.9 Å². The number of hydrogen-bond donors (Lipinski definition) is 1. The van der Waals surface area contributed by atoms with Crippen molar-refractivity contribution in [1.29, 1.82) is 0 Å². The van der Waals surface area contributed by atoms with Crippen LogP contribution in [0, 0.1) is 0 Å². The van der Waals surface area contributed by atoms with Gasteiger partial charge in [0.2, 0.25) is 10.0 Å². The summed E-state index contributed by atoms with van der Waals surface area (Å²) in [6, 6.07) is 23.0. The first-order valence-electron chi connectivity index (χ1n) is 9.63. The summed E-state index contributed by atoms with van der Waals surface area (Å²) >= 11 is 5.97. The summed E-state index contributed by atoms with van der Waals surface area (Å²) in [6.45, 7) is 0.0127. The molecule has 0 bridgehead atoms. The lowest BCUT2D eigenvalue weighted by atomic mass is 10.2. The molecule has 0 saturated heterocycles. The Balaban J connectivity index is 1.53. The Bertz CT molecular complexity index is 1180. The van der Waals surface area contributed by atoms with E-state index in [1.54, 1.807) is 60.7 Å². The second-order valence-corrected chi connectivity index (χ2v) is 9.23. The number of rotatable bonds is 9. The molecule has 0 aliphatic rings. The number of para-hydroxylation sites is 1. The van der Waals surface area contributed by atoms with E-state index >= 15 is 0 Å². The average Bonchev–Trinajstić information content (AvgIpc) is 2.77. The number of hydrogen-bond acceptors (Lipinski definition) is 5. The molecule has 0 fully saturated rings.